The van der Waals surface area contributed by atoms with Crippen molar-refractivity contribution >= 4 is 5.96 Å². The first kappa shape index (κ1) is 15.3. The molecule has 0 aromatic heterocycles. The van der Waals surface area contributed by atoms with Gasteiger partial charge in [0.2, 0.25) is 0 Å². The Morgan fingerprint density at radius 1 is 0.812 bits per heavy atom. The number of rotatable bonds is 9. The molecule has 0 rings (SSSR count). The molecule has 0 fully saturated rings. The van der Waals surface area contributed by atoms with E-state index in [1.54, 1.807) is 0 Å². The van der Waals surface area contributed by atoms with Crippen molar-refractivity contribution in [3.05, 3.63) is 0 Å². The smallest absolute Gasteiger partial charge is 0.191 e. The Labute approximate surface area is 101 Å². The number of hydrogen-bond donors (Lipinski definition) is 2. The van der Waals surface area contributed by atoms with Crippen LogP contribution < -0.4 is 10.6 Å². The third kappa shape index (κ3) is 9.81. The van der Waals surface area contributed by atoms with Gasteiger partial charge in [0.25, 0.3) is 0 Å². The maximum absolute atomic E-state index is 4.55. The van der Waals surface area contributed by atoms with E-state index in [9.17, 15) is 0 Å². The van der Waals surface area contributed by atoms with Crippen molar-refractivity contribution in [2.75, 3.05) is 19.6 Å². The summed E-state index contributed by atoms with van der Waals surface area (Å²) in [6.45, 7) is 9.61. The second-order valence-corrected chi connectivity index (χ2v) is 4.14. The van der Waals surface area contributed by atoms with Crippen molar-refractivity contribution in [3.63, 3.8) is 0 Å². The lowest BCUT2D eigenvalue weighted by Gasteiger charge is -2.11. The minimum Gasteiger partial charge on any atom is -0.356 e. The summed E-state index contributed by atoms with van der Waals surface area (Å²) in [5.74, 6) is 0.996. The van der Waals surface area contributed by atoms with Crippen LogP contribution in [0, 0.1) is 0 Å². The van der Waals surface area contributed by atoms with Gasteiger partial charge in [-0.25, -0.2) is 0 Å². The SMILES string of the molecule is CCCCN=C(NCCCC)NCCCC. The van der Waals surface area contributed by atoms with Crippen LogP contribution >= 0.6 is 0 Å². The number of hydrogen-bond acceptors (Lipinski definition) is 1. The molecule has 0 saturated heterocycles. The summed E-state index contributed by atoms with van der Waals surface area (Å²) in [6.07, 6.45) is 7.26. The van der Waals surface area contributed by atoms with Crippen LogP contribution in [-0.4, -0.2) is 25.6 Å². The number of guanidine groups is 1. The van der Waals surface area contributed by atoms with Gasteiger partial charge >= 0.3 is 0 Å². The van der Waals surface area contributed by atoms with E-state index in [0.29, 0.717) is 0 Å². The molecule has 2 N–H and O–H groups in total. The first-order valence-corrected chi connectivity index (χ1v) is 6.87. The molecular weight excluding hydrogens is 198 g/mol. The molecule has 0 heterocycles. The van der Waals surface area contributed by atoms with Crippen LogP contribution in [-0.2, 0) is 0 Å². The molecule has 0 aliphatic rings. The van der Waals surface area contributed by atoms with Gasteiger partial charge in [0.05, 0.1) is 0 Å². The van der Waals surface area contributed by atoms with Gasteiger partial charge < -0.3 is 10.6 Å². The van der Waals surface area contributed by atoms with E-state index in [2.05, 4.69) is 36.4 Å². The Kier molecular flexibility index (Phi) is 11.8. The molecule has 0 bridgehead atoms. The van der Waals surface area contributed by atoms with E-state index < -0.39 is 0 Å². The molecular formula is C13H29N3. The monoisotopic (exact) mass is 227 g/mol. The average molecular weight is 227 g/mol. The summed E-state index contributed by atoms with van der Waals surface area (Å²) in [5, 5.41) is 6.75. The number of aliphatic imine (C=N–C) groups is 1. The van der Waals surface area contributed by atoms with Crippen LogP contribution in [0.2, 0.25) is 0 Å². The molecule has 3 nitrogen and oxygen atoms in total. The molecule has 0 atom stereocenters. The van der Waals surface area contributed by atoms with Crippen molar-refractivity contribution in [2.24, 2.45) is 4.99 Å². The fourth-order valence-corrected chi connectivity index (χ4v) is 1.29. The predicted molar refractivity (Wildman–Crippen MR) is 73.0 cm³/mol. The van der Waals surface area contributed by atoms with Crippen LogP contribution in [0.5, 0.6) is 0 Å². The van der Waals surface area contributed by atoms with Crippen LogP contribution in [0.15, 0.2) is 4.99 Å². The molecule has 16 heavy (non-hydrogen) atoms. The third-order valence-corrected chi connectivity index (χ3v) is 2.43. The molecule has 0 aliphatic heterocycles. The predicted octanol–water partition coefficient (Wildman–Crippen LogP) is 2.92. The largest absolute Gasteiger partial charge is 0.356 e. The molecule has 0 spiro atoms. The summed E-state index contributed by atoms with van der Waals surface area (Å²) >= 11 is 0. The zero-order chi connectivity index (χ0) is 12.1. The lowest BCUT2D eigenvalue weighted by atomic mass is 10.3. The fraction of sp³-hybridized carbons (Fsp3) is 0.923. The highest BCUT2D eigenvalue weighted by molar-refractivity contribution is 5.79. The Morgan fingerprint density at radius 2 is 1.31 bits per heavy atom. The zero-order valence-corrected chi connectivity index (χ0v) is 11.3. The van der Waals surface area contributed by atoms with E-state index in [4.69, 9.17) is 0 Å². The van der Waals surface area contributed by atoms with Crippen LogP contribution in [0.3, 0.4) is 0 Å². The second kappa shape index (κ2) is 12.3. The van der Waals surface area contributed by atoms with Crippen molar-refractivity contribution < 1.29 is 0 Å². The summed E-state index contributed by atoms with van der Waals surface area (Å²) in [7, 11) is 0. The van der Waals surface area contributed by atoms with Gasteiger partial charge in [-0.3, -0.25) is 4.99 Å². The van der Waals surface area contributed by atoms with E-state index in [1.165, 1.54) is 38.5 Å². The first-order chi connectivity index (χ1) is 7.85. The van der Waals surface area contributed by atoms with Gasteiger partial charge in [0, 0.05) is 19.6 Å². The number of unbranched alkanes of at least 4 members (excludes halogenated alkanes) is 3. The Hall–Kier alpha value is -0.730. The quantitative estimate of drug-likeness (QED) is 0.361. The molecule has 0 radical (unpaired) electrons. The molecule has 0 unspecified atom stereocenters. The van der Waals surface area contributed by atoms with E-state index in [-0.39, 0.29) is 0 Å². The average Bonchev–Trinajstić information content (AvgIpc) is 2.29. The number of nitrogens with zero attached hydrogens (tertiary/aromatic N) is 1. The summed E-state index contributed by atoms with van der Waals surface area (Å²) in [4.78, 5) is 4.55. The standard InChI is InChI=1S/C13H29N3/c1-4-7-10-14-13(15-11-8-5-2)16-12-9-6-3/h4-12H2,1-3H3,(H2,14,15,16). The molecule has 0 saturated carbocycles. The minimum atomic E-state index is 0.935. The topological polar surface area (TPSA) is 36.4 Å². The van der Waals surface area contributed by atoms with Crippen molar-refractivity contribution in [1.82, 2.24) is 10.6 Å². The highest BCUT2D eigenvalue weighted by Crippen LogP contribution is 1.89. The maximum Gasteiger partial charge on any atom is 0.191 e. The molecule has 3 heteroatoms. The van der Waals surface area contributed by atoms with Crippen molar-refractivity contribution in [2.45, 2.75) is 59.3 Å². The minimum absolute atomic E-state index is 0.935. The molecule has 0 aromatic carbocycles. The number of nitrogens with one attached hydrogen (secondary N) is 2. The van der Waals surface area contributed by atoms with Gasteiger partial charge in [0.15, 0.2) is 5.96 Å². The van der Waals surface area contributed by atoms with Gasteiger partial charge in [0.1, 0.15) is 0 Å². The Balaban J connectivity index is 3.79. The molecule has 0 aliphatic carbocycles. The second-order valence-electron chi connectivity index (χ2n) is 4.14. The van der Waals surface area contributed by atoms with Crippen molar-refractivity contribution in [1.29, 1.82) is 0 Å². The Morgan fingerprint density at radius 3 is 1.75 bits per heavy atom. The van der Waals surface area contributed by atoms with Gasteiger partial charge in [-0.1, -0.05) is 40.0 Å². The van der Waals surface area contributed by atoms with Gasteiger partial charge in [-0.15, -0.1) is 0 Å². The normalized spacial score (nSPS) is 9.94. The van der Waals surface area contributed by atoms with Crippen molar-refractivity contribution in [3.8, 4) is 0 Å². The third-order valence-electron chi connectivity index (χ3n) is 2.43. The summed E-state index contributed by atoms with van der Waals surface area (Å²) in [6, 6.07) is 0. The fourth-order valence-electron chi connectivity index (χ4n) is 1.29. The van der Waals surface area contributed by atoms with E-state index in [1.807, 2.05) is 0 Å². The summed E-state index contributed by atoms with van der Waals surface area (Å²) < 4.78 is 0. The lowest BCUT2D eigenvalue weighted by Crippen LogP contribution is -2.38. The highest BCUT2D eigenvalue weighted by Gasteiger charge is 1.96. The van der Waals surface area contributed by atoms with E-state index in [0.717, 1.165) is 25.6 Å². The van der Waals surface area contributed by atoms with Gasteiger partial charge in [-0.2, -0.15) is 0 Å². The van der Waals surface area contributed by atoms with Gasteiger partial charge in [-0.05, 0) is 19.3 Å². The van der Waals surface area contributed by atoms with Crippen LogP contribution in [0.25, 0.3) is 0 Å². The molecule has 96 valence electrons. The first-order valence-electron chi connectivity index (χ1n) is 6.87. The van der Waals surface area contributed by atoms with Crippen LogP contribution in [0.1, 0.15) is 59.3 Å². The maximum atomic E-state index is 4.55. The molecule has 0 aromatic rings. The molecule has 0 amide bonds. The highest BCUT2D eigenvalue weighted by atomic mass is 15.2. The van der Waals surface area contributed by atoms with E-state index >= 15 is 0 Å². The Bertz CT molecular complexity index is 155. The van der Waals surface area contributed by atoms with Crippen LogP contribution in [0.4, 0.5) is 0 Å². The zero-order valence-electron chi connectivity index (χ0n) is 11.3. The summed E-state index contributed by atoms with van der Waals surface area (Å²) in [5.41, 5.74) is 0. The lowest BCUT2D eigenvalue weighted by molar-refractivity contribution is 0.696.